The topological polar surface area (TPSA) is 135 Å². The number of nitrogens with zero attached hydrogens (tertiary/aromatic N) is 5. The molecular weight excluding hydrogens is 363 g/mol. The molecule has 0 radical (unpaired) electrons. The lowest BCUT2D eigenvalue weighted by Crippen LogP contribution is -2.40. The van der Waals surface area contributed by atoms with E-state index in [1.807, 2.05) is 0 Å². The number of aliphatic hydroxyl groups is 2. The monoisotopic (exact) mass is 384 g/mol. The number of alkyl halides is 1. The van der Waals surface area contributed by atoms with E-state index in [1.54, 1.807) is 19.0 Å². The van der Waals surface area contributed by atoms with E-state index < -0.39 is 36.8 Å². The number of halogens is 1. The van der Waals surface area contributed by atoms with Crippen LogP contribution in [-0.2, 0) is 9.47 Å². The number of amides is 1. The first-order valence-electron chi connectivity index (χ1n) is 8.10. The molecule has 1 aliphatic rings. The van der Waals surface area contributed by atoms with Crippen molar-refractivity contribution in [2.24, 2.45) is 0 Å². The molecule has 2 aromatic heterocycles. The highest BCUT2D eigenvalue weighted by Crippen LogP contribution is 2.42. The molecule has 0 aliphatic carbocycles. The summed E-state index contributed by atoms with van der Waals surface area (Å²) in [4.78, 5) is 25.8. The minimum atomic E-state index is -2.21. The number of methoxy groups -OCH3 is 1. The fourth-order valence-electron chi connectivity index (χ4n) is 2.95. The smallest absolute Gasteiger partial charge is 0.413 e. The first kappa shape index (κ1) is 19.2. The Morgan fingerprint density at radius 3 is 2.78 bits per heavy atom. The molecule has 2 aromatic rings. The Morgan fingerprint density at radius 1 is 1.52 bits per heavy atom. The second kappa shape index (κ2) is 6.87. The quantitative estimate of drug-likeness (QED) is 0.668. The Bertz CT molecular complexity index is 857. The Balaban J connectivity index is 2.13. The summed E-state index contributed by atoms with van der Waals surface area (Å²) in [6.07, 6.45) is -3.37. The predicted octanol–water partition coefficient (Wildman–Crippen LogP) is 0.0494. The number of anilines is 2. The zero-order valence-corrected chi connectivity index (χ0v) is 15.2. The van der Waals surface area contributed by atoms with Gasteiger partial charge in [-0.1, -0.05) is 0 Å². The van der Waals surface area contributed by atoms with Gasteiger partial charge >= 0.3 is 6.09 Å². The SMILES string of the molecule is COC(=O)Nc1nc(N(C)C)c2ncn([C@@H]3O[C@H](CO)[C@@H](O)[C@@]3(C)F)c2n1. The Morgan fingerprint density at radius 2 is 2.22 bits per heavy atom. The summed E-state index contributed by atoms with van der Waals surface area (Å²) in [6.45, 7) is 0.627. The van der Waals surface area contributed by atoms with Gasteiger partial charge in [0.05, 0.1) is 20.0 Å². The highest BCUT2D eigenvalue weighted by Gasteiger charge is 2.55. The van der Waals surface area contributed by atoms with Crippen LogP contribution in [-0.4, -0.2) is 81.5 Å². The van der Waals surface area contributed by atoms with Crippen LogP contribution in [0.1, 0.15) is 13.2 Å². The lowest BCUT2D eigenvalue weighted by Gasteiger charge is -2.24. The molecular formula is C15H21FN6O5. The van der Waals surface area contributed by atoms with Gasteiger partial charge in [-0.15, -0.1) is 0 Å². The van der Waals surface area contributed by atoms with Crippen molar-refractivity contribution in [3.05, 3.63) is 6.33 Å². The first-order chi connectivity index (χ1) is 12.7. The van der Waals surface area contributed by atoms with Gasteiger partial charge in [-0.3, -0.25) is 9.88 Å². The van der Waals surface area contributed by atoms with E-state index in [9.17, 15) is 15.0 Å². The van der Waals surface area contributed by atoms with Crippen molar-refractivity contribution in [1.29, 1.82) is 0 Å². The molecule has 11 nitrogen and oxygen atoms in total. The molecule has 0 spiro atoms. The number of hydrogen-bond donors (Lipinski definition) is 3. The van der Waals surface area contributed by atoms with Gasteiger partial charge in [0.2, 0.25) is 5.95 Å². The van der Waals surface area contributed by atoms with Gasteiger partial charge in [0.25, 0.3) is 0 Å². The van der Waals surface area contributed by atoms with Gasteiger partial charge in [0, 0.05) is 14.1 Å². The second-order valence-corrected chi connectivity index (χ2v) is 6.51. The van der Waals surface area contributed by atoms with Crippen molar-refractivity contribution in [3.8, 4) is 0 Å². The average molecular weight is 384 g/mol. The molecule has 27 heavy (non-hydrogen) atoms. The average Bonchev–Trinajstić information content (AvgIpc) is 3.13. The van der Waals surface area contributed by atoms with Gasteiger partial charge in [-0.25, -0.2) is 14.2 Å². The van der Waals surface area contributed by atoms with Gasteiger partial charge in [0.15, 0.2) is 28.9 Å². The van der Waals surface area contributed by atoms with E-state index in [0.717, 1.165) is 0 Å². The number of aromatic nitrogens is 4. The molecule has 12 heteroatoms. The number of imidazole rings is 1. The van der Waals surface area contributed by atoms with Crippen LogP contribution in [0.25, 0.3) is 11.2 Å². The van der Waals surface area contributed by atoms with E-state index in [2.05, 4.69) is 25.0 Å². The van der Waals surface area contributed by atoms with Crippen LogP contribution in [0.3, 0.4) is 0 Å². The second-order valence-electron chi connectivity index (χ2n) is 6.51. The lowest BCUT2D eigenvalue weighted by molar-refractivity contribution is -0.0566. The summed E-state index contributed by atoms with van der Waals surface area (Å²) < 4.78 is 26.5. The summed E-state index contributed by atoms with van der Waals surface area (Å²) >= 11 is 0. The van der Waals surface area contributed by atoms with E-state index in [4.69, 9.17) is 4.74 Å². The van der Waals surface area contributed by atoms with E-state index in [0.29, 0.717) is 11.3 Å². The molecule has 3 rings (SSSR count). The summed E-state index contributed by atoms with van der Waals surface area (Å²) in [5.74, 6) is 0.306. The molecule has 1 saturated heterocycles. The molecule has 3 heterocycles. The minimum Gasteiger partial charge on any atom is -0.453 e. The van der Waals surface area contributed by atoms with Crippen LogP contribution in [0.5, 0.6) is 0 Å². The van der Waals surface area contributed by atoms with Crippen LogP contribution in [0.4, 0.5) is 21.0 Å². The Kier molecular flexibility index (Phi) is 4.88. The first-order valence-corrected chi connectivity index (χ1v) is 8.10. The zero-order chi connectivity index (χ0) is 19.9. The molecule has 4 atom stereocenters. The third-order valence-electron chi connectivity index (χ3n) is 4.38. The third-order valence-corrected chi connectivity index (χ3v) is 4.38. The fourth-order valence-corrected chi connectivity index (χ4v) is 2.95. The zero-order valence-electron chi connectivity index (χ0n) is 15.2. The predicted molar refractivity (Wildman–Crippen MR) is 92.2 cm³/mol. The largest absolute Gasteiger partial charge is 0.453 e. The number of aliphatic hydroxyl groups excluding tert-OH is 2. The van der Waals surface area contributed by atoms with Crippen LogP contribution in [0.2, 0.25) is 0 Å². The number of fused-ring (bicyclic) bond motifs is 1. The molecule has 1 amide bonds. The van der Waals surface area contributed by atoms with Crippen molar-refractivity contribution in [2.45, 2.75) is 31.0 Å². The van der Waals surface area contributed by atoms with Crippen LogP contribution in [0.15, 0.2) is 6.33 Å². The van der Waals surface area contributed by atoms with Gasteiger partial charge in [-0.2, -0.15) is 9.97 Å². The molecule has 1 fully saturated rings. The Labute approximate surface area is 153 Å². The van der Waals surface area contributed by atoms with E-state index in [1.165, 1.54) is 24.9 Å². The fraction of sp³-hybridized carbons (Fsp3) is 0.600. The van der Waals surface area contributed by atoms with Gasteiger partial charge in [0.1, 0.15) is 12.2 Å². The van der Waals surface area contributed by atoms with Gasteiger partial charge < -0.3 is 24.6 Å². The number of carbonyl (C=O) groups is 1. The molecule has 0 bridgehead atoms. The molecule has 148 valence electrons. The number of hydrogen-bond acceptors (Lipinski definition) is 9. The number of nitrogens with one attached hydrogen (secondary N) is 1. The molecule has 0 unspecified atom stereocenters. The lowest BCUT2D eigenvalue weighted by atomic mass is 9.98. The van der Waals surface area contributed by atoms with E-state index in [-0.39, 0.29) is 11.6 Å². The highest BCUT2D eigenvalue weighted by atomic mass is 19.1. The standard InChI is InChI=1S/C15H21FN6O5/c1-15(16)9(24)7(5-23)27-12(15)22-6-17-8-10(21(2)3)18-13(19-11(8)22)20-14(25)26-4/h6-7,9,12,23-24H,5H2,1-4H3,(H,18,19,20,25)/t7-,9-,12-,15-/m1/s1. The summed E-state index contributed by atoms with van der Waals surface area (Å²) in [5, 5.41) is 21.8. The molecule has 3 N–H and O–H groups in total. The van der Waals surface area contributed by atoms with Crippen molar-refractivity contribution in [1.82, 2.24) is 19.5 Å². The van der Waals surface area contributed by atoms with Crippen molar-refractivity contribution in [2.75, 3.05) is 38.0 Å². The normalized spacial score (nSPS) is 27.7. The van der Waals surface area contributed by atoms with Crippen LogP contribution >= 0.6 is 0 Å². The van der Waals surface area contributed by atoms with Crippen molar-refractivity contribution in [3.63, 3.8) is 0 Å². The van der Waals surface area contributed by atoms with E-state index >= 15 is 4.39 Å². The molecule has 0 aromatic carbocycles. The maximum absolute atomic E-state index is 15.1. The summed E-state index contributed by atoms with van der Waals surface area (Å²) in [7, 11) is 4.64. The van der Waals surface area contributed by atoms with Crippen molar-refractivity contribution < 1.29 is 28.9 Å². The van der Waals surface area contributed by atoms with Crippen LogP contribution in [0, 0.1) is 0 Å². The maximum Gasteiger partial charge on any atom is 0.413 e. The number of carbonyl (C=O) groups excluding carboxylic acids is 1. The number of ether oxygens (including phenoxy) is 2. The highest BCUT2D eigenvalue weighted by molar-refractivity contribution is 5.88. The van der Waals surface area contributed by atoms with Crippen LogP contribution < -0.4 is 10.2 Å². The Hall–Kier alpha value is -2.57. The third kappa shape index (κ3) is 3.15. The minimum absolute atomic E-state index is 0.0717. The van der Waals surface area contributed by atoms with Crippen molar-refractivity contribution >= 4 is 29.0 Å². The maximum atomic E-state index is 15.1. The summed E-state index contributed by atoms with van der Waals surface area (Å²) in [6, 6.07) is 0. The summed E-state index contributed by atoms with van der Waals surface area (Å²) in [5.41, 5.74) is -1.68. The molecule has 1 aliphatic heterocycles. The molecule has 0 saturated carbocycles. The number of rotatable bonds is 4. The van der Waals surface area contributed by atoms with Gasteiger partial charge in [-0.05, 0) is 6.92 Å².